The minimum atomic E-state index is 0.300. The molecule has 1 aliphatic heterocycles. The maximum absolute atomic E-state index is 11.3. The van der Waals surface area contributed by atoms with Crippen LogP contribution in [0.2, 0.25) is 0 Å². The van der Waals surface area contributed by atoms with Gasteiger partial charge in [0, 0.05) is 26.1 Å². The third kappa shape index (κ3) is 7.00. The van der Waals surface area contributed by atoms with Crippen molar-refractivity contribution in [2.75, 3.05) is 26.3 Å². The molecule has 3 nitrogen and oxygen atoms in total. The van der Waals surface area contributed by atoms with Gasteiger partial charge in [0.25, 0.3) is 0 Å². The van der Waals surface area contributed by atoms with Crippen molar-refractivity contribution in [2.45, 2.75) is 64.7 Å². The summed E-state index contributed by atoms with van der Waals surface area (Å²) in [6, 6.07) is 0. The van der Waals surface area contributed by atoms with Crippen LogP contribution < -0.4 is 0 Å². The number of carbonyl (C=O) groups excluding carboxylic acids is 1. The summed E-state index contributed by atoms with van der Waals surface area (Å²) < 4.78 is 5.58. The summed E-state index contributed by atoms with van der Waals surface area (Å²) in [5.41, 5.74) is 0. The molecule has 1 saturated heterocycles. The second-order valence-corrected chi connectivity index (χ2v) is 5.22. The number of hydrogen-bond acceptors (Lipinski definition) is 2. The van der Waals surface area contributed by atoms with Gasteiger partial charge in [-0.3, -0.25) is 4.79 Å². The molecular weight excluding hydrogens is 226 g/mol. The molecule has 1 heterocycles. The van der Waals surface area contributed by atoms with Crippen molar-refractivity contribution >= 4 is 5.91 Å². The van der Waals surface area contributed by atoms with Crippen LogP contribution in [0.3, 0.4) is 0 Å². The molecule has 0 N–H and O–H groups in total. The van der Waals surface area contributed by atoms with Crippen molar-refractivity contribution in [3.05, 3.63) is 0 Å². The van der Waals surface area contributed by atoms with Crippen LogP contribution in [0.5, 0.6) is 0 Å². The Morgan fingerprint density at radius 1 is 1.06 bits per heavy atom. The number of amides is 1. The Bertz CT molecular complexity index is 219. The van der Waals surface area contributed by atoms with E-state index in [4.69, 9.17) is 4.74 Å². The number of hydrogen-bond donors (Lipinski definition) is 0. The van der Waals surface area contributed by atoms with Gasteiger partial charge in [0.1, 0.15) is 0 Å². The highest BCUT2D eigenvalue weighted by atomic mass is 16.5. The Kier molecular flexibility index (Phi) is 8.92. The van der Waals surface area contributed by atoms with E-state index in [1.54, 1.807) is 0 Å². The summed E-state index contributed by atoms with van der Waals surface area (Å²) in [6.07, 6.45) is 11.0. The zero-order valence-corrected chi connectivity index (χ0v) is 12.0. The largest absolute Gasteiger partial charge is 0.380 e. The molecule has 106 valence electrons. The van der Waals surface area contributed by atoms with Crippen LogP contribution in [0.25, 0.3) is 0 Å². The molecule has 0 aromatic rings. The maximum atomic E-state index is 11.3. The monoisotopic (exact) mass is 255 g/mol. The summed E-state index contributed by atoms with van der Waals surface area (Å²) in [6.45, 7) is 5.53. The number of carbonyl (C=O) groups is 1. The van der Waals surface area contributed by atoms with Crippen molar-refractivity contribution in [2.24, 2.45) is 0 Å². The Balaban J connectivity index is 1.77. The van der Waals surface area contributed by atoms with E-state index in [2.05, 4.69) is 6.92 Å². The minimum absolute atomic E-state index is 0.300. The van der Waals surface area contributed by atoms with E-state index in [1.807, 2.05) is 4.90 Å². The predicted octanol–water partition coefficient (Wildman–Crippen LogP) is 3.38. The predicted molar refractivity (Wildman–Crippen MR) is 74.6 cm³/mol. The van der Waals surface area contributed by atoms with Gasteiger partial charge in [0.15, 0.2) is 0 Å². The molecule has 1 fully saturated rings. The van der Waals surface area contributed by atoms with Gasteiger partial charge >= 0.3 is 0 Å². The fourth-order valence-corrected chi connectivity index (χ4v) is 2.38. The van der Waals surface area contributed by atoms with Gasteiger partial charge in [0.2, 0.25) is 5.91 Å². The van der Waals surface area contributed by atoms with Crippen molar-refractivity contribution in [3.8, 4) is 0 Å². The Morgan fingerprint density at radius 2 is 1.78 bits per heavy atom. The first-order valence-electron chi connectivity index (χ1n) is 7.70. The zero-order chi connectivity index (χ0) is 13.1. The van der Waals surface area contributed by atoms with Gasteiger partial charge in [-0.1, -0.05) is 45.4 Å². The molecule has 1 aliphatic rings. The highest BCUT2D eigenvalue weighted by Gasteiger charge is 2.18. The van der Waals surface area contributed by atoms with Crippen LogP contribution in [0.15, 0.2) is 0 Å². The summed E-state index contributed by atoms with van der Waals surface area (Å²) in [7, 11) is 0. The highest BCUT2D eigenvalue weighted by molar-refractivity contribution is 5.77. The standard InChI is InChI=1S/C15H29NO2/c1-2-3-4-5-6-7-8-13-18-14-12-16-11-9-10-15(16)17/h2-14H2,1H3. The van der Waals surface area contributed by atoms with E-state index >= 15 is 0 Å². The molecule has 0 aromatic heterocycles. The molecule has 0 bridgehead atoms. The molecular formula is C15H29NO2. The highest BCUT2D eigenvalue weighted by Crippen LogP contribution is 2.09. The fraction of sp³-hybridized carbons (Fsp3) is 0.933. The molecule has 0 spiro atoms. The lowest BCUT2D eigenvalue weighted by molar-refractivity contribution is -0.128. The first-order chi connectivity index (χ1) is 8.84. The molecule has 1 rings (SSSR count). The van der Waals surface area contributed by atoms with Gasteiger partial charge in [-0.15, -0.1) is 0 Å². The lowest BCUT2D eigenvalue weighted by Gasteiger charge is -2.15. The summed E-state index contributed by atoms with van der Waals surface area (Å²) in [5.74, 6) is 0.300. The van der Waals surface area contributed by atoms with Gasteiger partial charge in [-0.25, -0.2) is 0 Å². The minimum Gasteiger partial charge on any atom is -0.380 e. The Labute approximate surface area is 112 Å². The number of unbranched alkanes of at least 4 members (excludes halogenated alkanes) is 6. The third-order valence-corrected chi connectivity index (χ3v) is 3.57. The SMILES string of the molecule is CCCCCCCCCOCCN1CCCC1=O. The van der Waals surface area contributed by atoms with E-state index < -0.39 is 0 Å². The Hall–Kier alpha value is -0.570. The van der Waals surface area contributed by atoms with Crippen LogP contribution in [-0.2, 0) is 9.53 Å². The van der Waals surface area contributed by atoms with Crippen molar-refractivity contribution in [1.82, 2.24) is 4.90 Å². The van der Waals surface area contributed by atoms with Gasteiger partial charge in [-0.2, -0.15) is 0 Å². The first kappa shape index (κ1) is 15.5. The van der Waals surface area contributed by atoms with Crippen LogP contribution >= 0.6 is 0 Å². The molecule has 0 saturated carbocycles. The topological polar surface area (TPSA) is 29.5 Å². The van der Waals surface area contributed by atoms with Crippen LogP contribution in [0.4, 0.5) is 0 Å². The maximum Gasteiger partial charge on any atom is 0.222 e. The molecule has 1 amide bonds. The average molecular weight is 255 g/mol. The molecule has 0 unspecified atom stereocenters. The van der Waals surface area contributed by atoms with E-state index in [-0.39, 0.29) is 0 Å². The molecule has 0 atom stereocenters. The summed E-state index contributed by atoms with van der Waals surface area (Å²) in [4.78, 5) is 13.3. The first-order valence-corrected chi connectivity index (χ1v) is 7.70. The quantitative estimate of drug-likeness (QED) is 0.530. The molecule has 18 heavy (non-hydrogen) atoms. The lowest BCUT2D eigenvalue weighted by atomic mass is 10.1. The number of rotatable bonds is 11. The van der Waals surface area contributed by atoms with Gasteiger partial charge < -0.3 is 9.64 Å². The van der Waals surface area contributed by atoms with E-state index in [9.17, 15) is 4.79 Å². The number of likely N-dealkylation sites (tertiary alicyclic amines) is 1. The van der Waals surface area contributed by atoms with Crippen molar-refractivity contribution in [1.29, 1.82) is 0 Å². The van der Waals surface area contributed by atoms with Crippen LogP contribution in [-0.4, -0.2) is 37.1 Å². The zero-order valence-electron chi connectivity index (χ0n) is 12.0. The van der Waals surface area contributed by atoms with Crippen molar-refractivity contribution < 1.29 is 9.53 Å². The number of nitrogens with zero attached hydrogens (tertiary/aromatic N) is 1. The summed E-state index contributed by atoms with van der Waals surface area (Å²) >= 11 is 0. The van der Waals surface area contributed by atoms with Crippen LogP contribution in [0, 0.1) is 0 Å². The van der Waals surface area contributed by atoms with Gasteiger partial charge in [-0.05, 0) is 12.8 Å². The third-order valence-electron chi connectivity index (χ3n) is 3.57. The molecule has 0 aromatic carbocycles. The average Bonchev–Trinajstić information content (AvgIpc) is 2.77. The van der Waals surface area contributed by atoms with E-state index in [0.717, 1.165) is 32.5 Å². The van der Waals surface area contributed by atoms with E-state index in [0.29, 0.717) is 12.5 Å². The summed E-state index contributed by atoms with van der Waals surface area (Å²) in [5, 5.41) is 0. The van der Waals surface area contributed by atoms with Gasteiger partial charge in [0.05, 0.1) is 6.61 Å². The second-order valence-electron chi connectivity index (χ2n) is 5.22. The second kappa shape index (κ2) is 10.4. The smallest absolute Gasteiger partial charge is 0.222 e. The molecule has 0 aliphatic carbocycles. The number of ether oxygens (including phenoxy) is 1. The lowest BCUT2D eigenvalue weighted by Crippen LogP contribution is -2.28. The fourth-order valence-electron chi connectivity index (χ4n) is 2.38. The van der Waals surface area contributed by atoms with Crippen LogP contribution in [0.1, 0.15) is 64.7 Å². The molecule has 0 radical (unpaired) electrons. The normalized spacial score (nSPS) is 15.6. The molecule has 3 heteroatoms. The van der Waals surface area contributed by atoms with E-state index in [1.165, 1.54) is 44.9 Å². The Morgan fingerprint density at radius 3 is 2.44 bits per heavy atom. The van der Waals surface area contributed by atoms with Crippen molar-refractivity contribution in [3.63, 3.8) is 0 Å².